The molecule has 39 heavy (non-hydrogen) atoms. The van der Waals surface area contributed by atoms with Crippen LogP contribution in [0.1, 0.15) is 39.2 Å². The number of benzene rings is 2. The first-order valence-corrected chi connectivity index (χ1v) is 12.4. The zero-order chi connectivity index (χ0) is 28.5. The summed E-state index contributed by atoms with van der Waals surface area (Å²) in [5, 5.41) is 8.11. The summed E-state index contributed by atoms with van der Waals surface area (Å²) in [6.07, 6.45) is -0.601. The number of rotatable bonds is 8. The molecule has 1 aliphatic rings. The number of halogens is 4. The Morgan fingerprint density at radius 2 is 2.00 bits per heavy atom. The third-order valence-electron chi connectivity index (χ3n) is 6.60. The van der Waals surface area contributed by atoms with Crippen LogP contribution >= 0.6 is 11.6 Å². The number of nitrogens with two attached hydrogens (primary N) is 2. The lowest BCUT2D eigenvalue weighted by Gasteiger charge is -2.31. The Bertz CT molecular complexity index is 1420. The molecule has 1 aliphatic heterocycles. The quantitative estimate of drug-likeness (QED) is 0.273. The van der Waals surface area contributed by atoms with Gasteiger partial charge in [-0.05, 0) is 56.8 Å². The Morgan fingerprint density at radius 3 is 2.56 bits per heavy atom. The van der Waals surface area contributed by atoms with Crippen LogP contribution in [-0.4, -0.2) is 40.8 Å². The molecular weight excluding hydrogens is 535 g/mol. The normalized spacial score (nSPS) is 14.2. The molecule has 0 radical (unpaired) electrons. The minimum absolute atomic E-state index is 0.0925. The number of ether oxygens (including phenoxy) is 1. The number of nitrogens with zero attached hydrogens (tertiary/aromatic N) is 4. The molecule has 0 saturated carbocycles. The molecule has 0 spiro atoms. The molecule has 1 fully saturated rings. The molecule has 5 N–H and O–H groups in total. The molecule has 2 aromatic carbocycles. The summed E-state index contributed by atoms with van der Waals surface area (Å²) in [6, 6.07) is 6.24. The fourth-order valence-corrected chi connectivity index (χ4v) is 4.42. The number of likely N-dealkylation sites (tertiary alicyclic amines) is 1. The van der Waals surface area contributed by atoms with E-state index in [2.05, 4.69) is 10.4 Å². The Balaban J connectivity index is 1.64. The van der Waals surface area contributed by atoms with Crippen LogP contribution in [-0.2, 0) is 19.8 Å². The van der Waals surface area contributed by atoms with Crippen molar-refractivity contribution in [1.29, 1.82) is 0 Å². The number of alkyl halides is 3. The van der Waals surface area contributed by atoms with Crippen LogP contribution in [0.3, 0.4) is 0 Å². The maximum atomic E-state index is 13.7. The lowest BCUT2D eigenvalue weighted by molar-refractivity contribution is -0.137. The first kappa shape index (κ1) is 28.3. The SMILES string of the molecule is COc1c(CN2CCC2)cc(C(F)(F)F)cc1NC(=O)c1ccc(Cl)c(N(N)/C=C(\N)c2cnn(C)c2C)c1. The van der Waals surface area contributed by atoms with Crippen LogP contribution in [0.2, 0.25) is 5.02 Å². The molecule has 2 heterocycles. The van der Waals surface area contributed by atoms with Crippen molar-refractivity contribution in [2.45, 2.75) is 26.1 Å². The van der Waals surface area contributed by atoms with Crippen LogP contribution in [0.4, 0.5) is 24.5 Å². The van der Waals surface area contributed by atoms with Gasteiger partial charge in [0.15, 0.2) is 0 Å². The molecule has 1 saturated heterocycles. The van der Waals surface area contributed by atoms with Crippen LogP contribution in [0.5, 0.6) is 5.75 Å². The third kappa shape index (κ3) is 6.13. The van der Waals surface area contributed by atoms with E-state index >= 15 is 0 Å². The predicted octanol–water partition coefficient (Wildman–Crippen LogP) is 4.50. The number of hydrogen-bond donors (Lipinski definition) is 3. The van der Waals surface area contributed by atoms with Crippen LogP contribution in [0.15, 0.2) is 42.7 Å². The summed E-state index contributed by atoms with van der Waals surface area (Å²) >= 11 is 6.34. The lowest BCUT2D eigenvalue weighted by Crippen LogP contribution is -2.36. The van der Waals surface area contributed by atoms with Gasteiger partial charge in [-0.3, -0.25) is 19.4 Å². The molecule has 1 amide bonds. The summed E-state index contributed by atoms with van der Waals surface area (Å²) in [7, 11) is 3.13. The Kier molecular flexibility index (Phi) is 8.09. The van der Waals surface area contributed by atoms with E-state index in [1.165, 1.54) is 31.5 Å². The molecule has 3 aromatic rings. The molecule has 0 aliphatic carbocycles. The number of carbonyl (C=O) groups excluding carboxylic acids is 1. The minimum Gasteiger partial charge on any atom is -0.494 e. The highest BCUT2D eigenvalue weighted by atomic mass is 35.5. The number of hydrogen-bond acceptors (Lipinski definition) is 7. The second kappa shape index (κ2) is 11.2. The van der Waals surface area contributed by atoms with Crippen molar-refractivity contribution in [2.24, 2.45) is 18.6 Å². The largest absolute Gasteiger partial charge is 0.494 e. The fraction of sp³-hybridized carbons (Fsp3) is 0.308. The third-order valence-corrected chi connectivity index (χ3v) is 6.92. The second-order valence-corrected chi connectivity index (χ2v) is 9.63. The van der Waals surface area contributed by atoms with Crippen molar-refractivity contribution in [2.75, 3.05) is 30.5 Å². The lowest BCUT2D eigenvalue weighted by atomic mass is 10.0. The van der Waals surface area contributed by atoms with Gasteiger partial charge in [0.05, 0.1) is 41.0 Å². The number of amides is 1. The fourth-order valence-electron chi connectivity index (χ4n) is 4.20. The zero-order valence-corrected chi connectivity index (χ0v) is 22.4. The van der Waals surface area contributed by atoms with Crippen LogP contribution < -0.4 is 26.6 Å². The van der Waals surface area contributed by atoms with E-state index in [1.807, 2.05) is 11.8 Å². The molecule has 208 valence electrons. The summed E-state index contributed by atoms with van der Waals surface area (Å²) in [6.45, 7) is 3.68. The van der Waals surface area contributed by atoms with Crippen molar-refractivity contribution in [3.8, 4) is 5.75 Å². The molecule has 4 rings (SSSR count). The van der Waals surface area contributed by atoms with E-state index in [1.54, 1.807) is 17.9 Å². The highest BCUT2D eigenvalue weighted by molar-refractivity contribution is 6.33. The highest BCUT2D eigenvalue weighted by Crippen LogP contribution is 2.39. The molecule has 1 aromatic heterocycles. The molecule has 0 atom stereocenters. The van der Waals surface area contributed by atoms with E-state index in [4.69, 9.17) is 27.9 Å². The van der Waals surface area contributed by atoms with Gasteiger partial charge in [0.2, 0.25) is 0 Å². The Morgan fingerprint density at radius 1 is 1.28 bits per heavy atom. The molecule has 0 unspecified atom stereocenters. The summed E-state index contributed by atoms with van der Waals surface area (Å²) < 4.78 is 48.2. The Hall–Kier alpha value is -3.74. The van der Waals surface area contributed by atoms with Gasteiger partial charge >= 0.3 is 6.18 Å². The maximum absolute atomic E-state index is 13.7. The van der Waals surface area contributed by atoms with E-state index < -0.39 is 17.6 Å². The standard InChI is InChI=1S/C26H29ClF3N7O2/c1-15-19(12-33-35(15)2)21(31)14-37(32)23-10-16(5-6-20(23)27)25(38)34-22-11-18(26(28,29)30)9-17(24(22)39-3)13-36-7-4-8-36/h5-6,9-12,14H,4,7-8,13,31-32H2,1-3H3,(H,34,38)/b21-14-. The second-order valence-electron chi connectivity index (χ2n) is 9.22. The summed E-state index contributed by atoms with van der Waals surface area (Å²) in [4.78, 5) is 15.2. The zero-order valence-electron chi connectivity index (χ0n) is 21.6. The highest BCUT2D eigenvalue weighted by Gasteiger charge is 2.33. The van der Waals surface area contributed by atoms with Crippen molar-refractivity contribution in [3.05, 3.63) is 75.7 Å². The number of carbonyl (C=O) groups is 1. The van der Waals surface area contributed by atoms with Gasteiger partial charge in [-0.2, -0.15) is 18.3 Å². The summed E-state index contributed by atoms with van der Waals surface area (Å²) in [5.74, 6) is 5.69. The molecule has 13 heteroatoms. The summed E-state index contributed by atoms with van der Waals surface area (Å²) in [5.41, 5.74) is 7.72. The number of hydrazine groups is 1. The average Bonchev–Trinajstić information content (AvgIpc) is 3.18. The monoisotopic (exact) mass is 563 g/mol. The number of aromatic nitrogens is 2. The first-order valence-electron chi connectivity index (χ1n) is 12.0. The van der Waals surface area contributed by atoms with Gasteiger partial charge in [0, 0.05) is 42.2 Å². The van der Waals surface area contributed by atoms with E-state index in [-0.39, 0.29) is 34.3 Å². The van der Waals surface area contributed by atoms with Crippen LogP contribution in [0.25, 0.3) is 5.70 Å². The van der Waals surface area contributed by atoms with E-state index in [0.717, 1.165) is 42.3 Å². The van der Waals surface area contributed by atoms with Crippen molar-refractivity contribution in [1.82, 2.24) is 14.7 Å². The maximum Gasteiger partial charge on any atom is 0.416 e. The van der Waals surface area contributed by atoms with Gasteiger partial charge < -0.3 is 15.8 Å². The smallest absolute Gasteiger partial charge is 0.416 e. The number of methoxy groups -OCH3 is 1. The van der Waals surface area contributed by atoms with Gasteiger partial charge in [-0.1, -0.05) is 11.6 Å². The average molecular weight is 564 g/mol. The van der Waals surface area contributed by atoms with Crippen molar-refractivity contribution >= 4 is 34.6 Å². The van der Waals surface area contributed by atoms with Gasteiger partial charge in [0.1, 0.15) is 5.75 Å². The van der Waals surface area contributed by atoms with E-state index in [9.17, 15) is 18.0 Å². The van der Waals surface area contributed by atoms with Gasteiger partial charge in [0.25, 0.3) is 5.91 Å². The van der Waals surface area contributed by atoms with Crippen molar-refractivity contribution < 1.29 is 22.7 Å². The van der Waals surface area contributed by atoms with Gasteiger partial charge in [-0.25, -0.2) is 5.84 Å². The molecule has 9 nitrogen and oxygen atoms in total. The molecule has 0 bridgehead atoms. The first-order chi connectivity index (χ1) is 18.4. The van der Waals surface area contributed by atoms with Crippen molar-refractivity contribution in [3.63, 3.8) is 0 Å². The number of nitrogens with one attached hydrogen (secondary N) is 1. The Labute approximate surface area is 228 Å². The van der Waals surface area contributed by atoms with Gasteiger partial charge in [-0.15, -0.1) is 0 Å². The number of anilines is 2. The predicted molar refractivity (Wildman–Crippen MR) is 144 cm³/mol. The minimum atomic E-state index is -4.61. The van der Waals surface area contributed by atoms with E-state index in [0.29, 0.717) is 16.8 Å². The van der Waals surface area contributed by atoms with Crippen LogP contribution in [0, 0.1) is 6.92 Å². The topological polar surface area (TPSA) is 115 Å². The molecular formula is C26H29ClF3N7O2. The number of aryl methyl sites for hydroxylation is 1.